The summed E-state index contributed by atoms with van der Waals surface area (Å²) in [4.78, 5) is 18.0. The normalized spacial score (nSPS) is 21.1. The van der Waals surface area contributed by atoms with Crippen LogP contribution in [0.4, 0.5) is 0 Å². The number of carbonyl (C=O) groups is 1. The third-order valence-corrected chi connectivity index (χ3v) is 3.18. The van der Waals surface area contributed by atoms with Crippen LogP contribution < -0.4 is 4.74 Å². The minimum atomic E-state index is -0.384. The summed E-state index contributed by atoms with van der Waals surface area (Å²) in [5.74, 6) is 0.531. The molecule has 0 N–H and O–H groups in total. The van der Waals surface area contributed by atoms with Crippen LogP contribution in [0.5, 0.6) is 5.75 Å². The van der Waals surface area contributed by atoms with Crippen molar-refractivity contribution >= 4 is 5.91 Å². The van der Waals surface area contributed by atoms with E-state index in [2.05, 4.69) is 4.98 Å². The number of morpholine rings is 1. The molecular weight excluding hydrogens is 272 g/mol. The Kier molecular flexibility index (Phi) is 5.14. The highest BCUT2D eigenvalue weighted by molar-refractivity contribution is 5.78. The predicted molar refractivity (Wildman–Crippen MR) is 77.1 cm³/mol. The van der Waals surface area contributed by atoms with Crippen molar-refractivity contribution in [2.45, 2.75) is 25.6 Å². The van der Waals surface area contributed by atoms with Gasteiger partial charge in [0.1, 0.15) is 5.75 Å². The second kappa shape index (κ2) is 6.87. The standard InChI is InChI=1S/C15H22N2O4/c1-15(2)11-17(8-13(21-15)9-19-3)14(18)10-20-12-5-4-6-16-7-12/h4-7,13H,8-11H2,1-3H3. The summed E-state index contributed by atoms with van der Waals surface area (Å²) in [6, 6.07) is 3.55. The molecular formula is C15H22N2O4. The molecule has 1 aliphatic heterocycles. The number of aromatic nitrogens is 1. The lowest BCUT2D eigenvalue weighted by atomic mass is 10.1. The molecule has 0 aliphatic carbocycles. The molecule has 116 valence electrons. The first-order valence-corrected chi connectivity index (χ1v) is 6.97. The van der Waals surface area contributed by atoms with Gasteiger partial charge in [0, 0.05) is 26.4 Å². The van der Waals surface area contributed by atoms with E-state index in [1.165, 1.54) is 0 Å². The van der Waals surface area contributed by atoms with E-state index < -0.39 is 0 Å². The summed E-state index contributed by atoms with van der Waals surface area (Å²) in [6.07, 6.45) is 3.14. The molecule has 1 atom stereocenters. The molecule has 1 saturated heterocycles. The van der Waals surface area contributed by atoms with E-state index in [9.17, 15) is 4.79 Å². The third-order valence-electron chi connectivity index (χ3n) is 3.18. The maximum atomic E-state index is 12.3. The van der Waals surface area contributed by atoms with E-state index in [1.54, 1.807) is 36.5 Å². The van der Waals surface area contributed by atoms with Gasteiger partial charge in [-0.2, -0.15) is 0 Å². The van der Waals surface area contributed by atoms with Gasteiger partial charge < -0.3 is 19.1 Å². The van der Waals surface area contributed by atoms with Gasteiger partial charge in [-0.25, -0.2) is 0 Å². The Hall–Kier alpha value is -1.66. The second-order valence-electron chi connectivity index (χ2n) is 5.71. The van der Waals surface area contributed by atoms with Crippen LogP contribution in [0.15, 0.2) is 24.5 Å². The summed E-state index contributed by atoms with van der Waals surface area (Å²) in [7, 11) is 1.63. The Balaban J connectivity index is 1.91. The van der Waals surface area contributed by atoms with E-state index in [4.69, 9.17) is 14.2 Å². The molecule has 1 aromatic heterocycles. The quantitative estimate of drug-likeness (QED) is 0.814. The average Bonchev–Trinajstić information content (AvgIpc) is 2.44. The van der Waals surface area contributed by atoms with E-state index in [0.29, 0.717) is 25.4 Å². The van der Waals surface area contributed by atoms with Crippen LogP contribution in [0.3, 0.4) is 0 Å². The highest BCUT2D eigenvalue weighted by atomic mass is 16.5. The molecule has 0 saturated carbocycles. The molecule has 1 aromatic rings. The molecule has 1 amide bonds. The van der Waals surface area contributed by atoms with Gasteiger partial charge in [0.15, 0.2) is 6.61 Å². The molecule has 0 radical (unpaired) electrons. The van der Waals surface area contributed by atoms with Gasteiger partial charge in [-0.1, -0.05) is 0 Å². The van der Waals surface area contributed by atoms with E-state index >= 15 is 0 Å². The first kappa shape index (κ1) is 15.7. The first-order chi connectivity index (χ1) is 10.00. The maximum Gasteiger partial charge on any atom is 0.260 e. The monoisotopic (exact) mass is 294 g/mol. The summed E-state index contributed by atoms with van der Waals surface area (Å²) in [5.41, 5.74) is -0.384. The number of amides is 1. The SMILES string of the molecule is COCC1CN(C(=O)COc2cccnc2)CC(C)(C)O1. The van der Waals surface area contributed by atoms with Crippen LogP contribution in [0.25, 0.3) is 0 Å². The molecule has 6 heteroatoms. The first-order valence-electron chi connectivity index (χ1n) is 6.97. The fraction of sp³-hybridized carbons (Fsp3) is 0.600. The van der Waals surface area contributed by atoms with Gasteiger partial charge in [-0.05, 0) is 26.0 Å². The van der Waals surface area contributed by atoms with Gasteiger partial charge in [0.05, 0.1) is 24.5 Å². The number of hydrogen-bond donors (Lipinski definition) is 0. The minimum Gasteiger partial charge on any atom is -0.482 e. The highest BCUT2D eigenvalue weighted by Gasteiger charge is 2.35. The van der Waals surface area contributed by atoms with Crippen molar-refractivity contribution in [3.05, 3.63) is 24.5 Å². The Morgan fingerprint density at radius 1 is 1.57 bits per heavy atom. The minimum absolute atomic E-state index is 0.00146. The van der Waals surface area contributed by atoms with Crippen molar-refractivity contribution in [3.63, 3.8) is 0 Å². The van der Waals surface area contributed by atoms with Crippen LogP contribution in [0.1, 0.15) is 13.8 Å². The summed E-state index contributed by atoms with van der Waals surface area (Å²) in [5, 5.41) is 0. The molecule has 2 rings (SSSR count). The zero-order chi connectivity index (χ0) is 15.3. The van der Waals surface area contributed by atoms with Gasteiger partial charge in [-0.3, -0.25) is 9.78 Å². The average molecular weight is 294 g/mol. The lowest BCUT2D eigenvalue weighted by Gasteiger charge is -2.42. The molecule has 2 heterocycles. The number of carbonyl (C=O) groups excluding carboxylic acids is 1. The zero-order valence-electron chi connectivity index (χ0n) is 12.7. The van der Waals surface area contributed by atoms with Gasteiger partial charge in [0.2, 0.25) is 0 Å². The van der Waals surface area contributed by atoms with Crippen LogP contribution in [-0.4, -0.2) is 60.9 Å². The topological polar surface area (TPSA) is 60.9 Å². The van der Waals surface area contributed by atoms with Crippen molar-refractivity contribution < 1.29 is 19.0 Å². The molecule has 1 fully saturated rings. The van der Waals surface area contributed by atoms with Crippen molar-refractivity contribution in [2.24, 2.45) is 0 Å². The molecule has 0 aromatic carbocycles. The number of methoxy groups -OCH3 is 1. The molecule has 21 heavy (non-hydrogen) atoms. The molecule has 0 bridgehead atoms. The molecule has 1 unspecified atom stereocenters. The molecule has 6 nitrogen and oxygen atoms in total. The van der Waals surface area contributed by atoms with Crippen molar-refractivity contribution in [1.29, 1.82) is 0 Å². The maximum absolute atomic E-state index is 12.3. The smallest absolute Gasteiger partial charge is 0.260 e. The second-order valence-corrected chi connectivity index (χ2v) is 5.71. The summed E-state index contributed by atoms with van der Waals surface area (Å²) < 4.78 is 16.5. The lowest BCUT2D eigenvalue weighted by molar-refractivity contribution is -0.170. The molecule has 0 spiro atoms. The predicted octanol–water partition coefficient (Wildman–Crippen LogP) is 1.11. The van der Waals surface area contributed by atoms with Crippen molar-refractivity contribution in [3.8, 4) is 5.75 Å². The van der Waals surface area contributed by atoms with Crippen LogP contribution in [0.2, 0.25) is 0 Å². The number of rotatable bonds is 5. The van der Waals surface area contributed by atoms with E-state index in [1.807, 2.05) is 13.8 Å². The third kappa shape index (κ3) is 4.68. The number of pyridine rings is 1. The fourth-order valence-electron chi connectivity index (χ4n) is 2.43. The van der Waals surface area contributed by atoms with E-state index in [-0.39, 0.29) is 24.2 Å². The fourth-order valence-corrected chi connectivity index (χ4v) is 2.43. The Labute approximate surface area is 125 Å². The number of hydrogen-bond acceptors (Lipinski definition) is 5. The van der Waals surface area contributed by atoms with Crippen molar-refractivity contribution in [2.75, 3.05) is 33.4 Å². The van der Waals surface area contributed by atoms with Gasteiger partial charge >= 0.3 is 0 Å². The highest BCUT2D eigenvalue weighted by Crippen LogP contribution is 2.21. The summed E-state index contributed by atoms with van der Waals surface area (Å²) in [6.45, 7) is 5.47. The number of nitrogens with zero attached hydrogens (tertiary/aromatic N) is 2. The van der Waals surface area contributed by atoms with Crippen LogP contribution >= 0.6 is 0 Å². The van der Waals surface area contributed by atoms with Gasteiger partial charge in [-0.15, -0.1) is 0 Å². The van der Waals surface area contributed by atoms with Crippen LogP contribution in [0, 0.1) is 0 Å². The Bertz CT molecular complexity index is 464. The molecule has 1 aliphatic rings. The van der Waals surface area contributed by atoms with Crippen LogP contribution in [-0.2, 0) is 14.3 Å². The van der Waals surface area contributed by atoms with Crippen molar-refractivity contribution in [1.82, 2.24) is 9.88 Å². The number of ether oxygens (including phenoxy) is 3. The zero-order valence-corrected chi connectivity index (χ0v) is 12.7. The summed E-state index contributed by atoms with van der Waals surface area (Å²) >= 11 is 0. The van der Waals surface area contributed by atoms with E-state index in [0.717, 1.165) is 0 Å². The lowest BCUT2D eigenvalue weighted by Crippen LogP contribution is -2.56. The largest absolute Gasteiger partial charge is 0.482 e. The van der Waals surface area contributed by atoms with Gasteiger partial charge in [0.25, 0.3) is 5.91 Å². The Morgan fingerprint density at radius 2 is 2.38 bits per heavy atom. The Morgan fingerprint density at radius 3 is 3.05 bits per heavy atom.